The van der Waals surface area contributed by atoms with Crippen molar-refractivity contribution in [1.82, 2.24) is 15.0 Å². The third-order valence-electron chi connectivity index (χ3n) is 3.08. The molecular weight excluding hydrogens is 258 g/mol. The fourth-order valence-corrected chi connectivity index (χ4v) is 2.06. The zero-order valence-corrected chi connectivity index (χ0v) is 11.5. The Balaban J connectivity index is 2.26. The smallest absolute Gasteiger partial charge is 0.287 e. The lowest BCUT2D eigenvalue weighted by Gasteiger charge is -2.28. The zero-order chi connectivity index (χ0) is 14.5. The molecule has 0 aromatic carbocycles. The summed E-state index contributed by atoms with van der Waals surface area (Å²) in [6, 6.07) is 3.17. The van der Waals surface area contributed by atoms with Gasteiger partial charge in [-0.25, -0.2) is 9.97 Å². The van der Waals surface area contributed by atoms with E-state index in [1.807, 2.05) is 6.92 Å². The van der Waals surface area contributed by atoms with Crippen LogP contribution < -0.4 is 4.90 Å². The maximum absolute atomic E-state index is 10.7. The number of nitrogens with one attached hydrogen (secondary N) is 1. The molecule has 2 aromatic rings. The van der Waals surface area contributed by atoms with Gasteiger partial charge in [0.15, 0.2) is 0 Å². The summed E-state index contributed by atoms with van der Waals surface area (Å²) in [7, 11) is 0. The van der Waals surface area contributed by atoms with Crippen molar-refractivity contribution < 1.29 is 4.92 Å². The third-order valence-corrected chi connectivity index (χ3v) is 3.08. The molecule has 7 nitrogen and oxygen atoms in total. The minimum atomic E-state index is -0.448. The number of nitro groups is 1. The highest BCUT2D eigenvalue weighted by Gasteiger charge is 2.19. The van der Waals surface area contributed by atoms with Crippen LogP contribution in [0.5, 0.6) is 0 Å². The van der Waals surface area contributed by atoms with Gasteiger partial charge in [-0.05, 0) is 19.4 Å². The number of hydrogen-bond acceptors (Lipinski definition) is 5. The van der Waals surface area contributed by atoms with E-state index in [2.05, 4.69) is 26.8 Å². The number of aromatic nitrogens is 3. The summed E-state index contributed by atoms with van der Waals surface area (Å²) in [4.78, 5) is 23.8. The number of nitrogens with zero attached hydrogens (tertiary/aromatic N) is 4. The fraction of sp³-hybridized carbons (Fsp3) is 0.385. The van der Waals surface area contributed by atoms with E-state index >= 15 is 0 Å². The minimum Gasteiger partial charge on any atom is -0.347 e. The molecule has 0 amide bonds. The first-order valence-corrected chi connectivity index (χ1v) is 6.49. The lowest BCUT2D eigenvalue weighted by molar-refractivity contribution is -0.385. The number of rotatable bonds is 6. The standard InChI is InChI=1S/C13H17N5O2/c1-3-8-17(10(2)13-14-6-7-15-13)12-5-4-11(9-16-12)18(19)20/h4-7,9-10H,3,8H2,1-2H3,(H,14,15). The molecule has 0 saturated heterocycles. The van der Waals surface area contributed by atoms with E-state index in [0.717, 1.165) is 18.8 Å². The number of imidazole rings is 1. The van der Waals surface area contributed by atoms with Gasteiger partial charge >= 0.3 is 0 Å². The second-order valence-corrected chi connectivity index (χ2v) is 4.48. The average molecular weight is 275 g/mol. The van der Waals surface area contributed by atoms with Crippen molar-refractivity contribution in [2.75, 3.05) is 11.4 Å². The highest BCUT2D eigenvalue weighted by molar-refractivity contribution is 5.44. The second kappa shape index (κ2) is 6.14. The lowest BCUT2D eigenvalue weighted by atomic mass is 10.2. The molecule has 1 N–H and O–H groups in total. The van der Waals surface area contributed by atoms with E-state index in [-0.39, 0.29) is 11.7 Å². The summed E-state index contributed by atoms with van der Waals surface area (Å²) < 4.78 is 0. The Morgan fingerprint density at radius 3 is 2.75 bits per heavy atom. The van der Waals surface area contributed by atoms with Crippen molar-refractivity contribution in [2.45, 2.75) is 26.3 Å². The first kappa shape index (κ1) is 14.0. The van der Waals surface area contributed by atoms with Gasteiger partial charge in [-0.2, -0.15) is 0 Å². The van der Waals surface area contributed by atoms with Crippen LogP contribution in [-0.4, -0.2) is 26.4 Å². The van der Waals surface area contributed by atoms with Crippen LogP contribution in [0.3, 0.4) is 0 Å². The Bertz CT molecular complexity index is 553. The Morgan fingerprint density at radius 2 is 2.25 bits per heavy atom. The van der Waals surface area contributed by atoms with E-state index in [4.69, 9.17) is 0 Å². The molecular formula is C13H17N5O2. The minimum absolute atomic E-state index is 0.00384. The van der Waals surface area contributed by atoms with Crippen LogP contribution in [0, 0.1) is 10.1 Å². The molecule has 0 bridgehead atoms. The van der Waals surface area contributed by atoms with E-state index in [1.165, 1.54) is 12.3 Å². The lowest BCUT2D eigenvalue weighted by Crippen LogP contribution is -2.29. The molecule has 0 radical (unpaired) electrons. The predicted molar refractivity (Wildman–Crippen MR) is 75.5 cm³/mol. The van der Waals surface area contributed by atoms with Crippen LogP contribution in [0.2, 0.25) is 0 Å². The largest absolute Gasteiger partial charge is 0.347 e. The first-order valence-electron chi connectivity index (χ1n) is 6.49. The van der Waals surface area contributed by atoms with Gasteiger partial charge in [-0.15, -0.1) is 0 Å². The van der Waals surface area contributed by atoms with Crippen molar-refractivity contribution in [3.05, 3.63) is 46.7 Å². The van der Waals surface area contributed by atoms with Crippen molar-refractivity contribution in [3.8, 4) is 0 Å². The molecule has 1 unspecified atom stereocenters. The van der Waals surface area contributed by atoms with E-state index in [9.17, 15) is 10.1 Å². The van der Waals surface area contributed by atoms with Crippen LogP contribution in [0.15, 0.2) is 30.7 Å². The monoisotopic (exact) mass is 275 g/mol. The highest BCUT2D eigenvalue weighted by Crippen LogP contribution is 2.24. The number of hydrogen-bond donors (Lipinski definition) is 1. The Kier molecular flexibility index (Phi) is 4.29. The van der Waals surface area contributed by atoms with Crippen molar-refractivity contribution >= 4 is 11.5 Å². The van der Waals surface area contributed by atoms with Gasteiger partial charge in [-0.1, -0.05) is 6.92 Å². The summed E-state index contributed by atoms with van der Waals surface area (Å²) >= 11 is 0. The molecule has 0 spiro atoms. The molecule has 0 aliphatic carbocycles. The number of aromatic amines is 1. The van der Waals surface area contributed by atoms with Crippen molar-refractivity contribution in [3.63, 3.8) is 0 Å². The number of anilines is 1. The van der Waals surface area contributed by atoms with Gasteiger partial charge in [0.1, 0.15) is 17.8 Å². The topological polar surface area (TPSA) is 87.9 Å². The van der Waals surface area contributed by atoms with E-state index < -0.39 is 4.92 Å². The number of pyridine rings is 1. The van der Waals surface area contributed by atoms with Crippen LogP contribution in [0.4, 0.5) is 11.5 Å². The van der Waals surface area contributed by atoms with Crippen LogP contribution in [-0.2, 0) is 0 Å². The van der Waals surface area contributed by atoms with Crippen LogP contribution in [0.25, 0.3) is 0 Å². The Hall–Kier alpha value is -2.44. The molecule has 2 aromatic heterocycles. The molecule has 0 aliphatic rings. The highest BCUT2D eigenvalue weighted by atomic mass is 16.6. The van der Waals surface area contributed by atoms with Gasteiger partial charge in [0.2, 0.25) is 0 Å². The SMILES string of the molecule is CCCN(c1ccc([N+](=O)[O-])cn1)C(C)c1ncc[nH]1. The summed E-state index contributed by atoms with van der Waals surface area (Å²) in [5, 5.41) is 10.7. The first-order chi connectivity index (χ1) is 9.63. The molecule has 1 atom stereocenters. The molecule has 0 saturated carbocycles. The van der Waals surface area contributed by atoms with E-state index in [0.29, 0.717) is 5.82 Å². The summed E-state index contributed by atoms with van der Waals surface area (Å²) in [5.41, 5.74) is -0.00384. The molecule has 2 rings (SSSR count). The maximum atomic E-state index is 10.7. The number of H-pyrrole nitrogens is 1. The molecule has 2 heterocycles. The fourth-order valence-electron chi connectivity index (χ4n) is 2.06. The quantitative estimate of drug-likeness (QED) is 0.646. The van der Waals surface area contributed by atoms with Gasteiger partial charge in [0.25, 0.3) is 5.69 Å². The van der Waals surface area contributed by atoms with Gasteiger partial charge in [0, 0.05) is 25.0 Å². The van der Waals surface area contributed by atoms with Crippen molar-refractivity contribution in [1.29, 1.82) is 0 Å². The van der Waals surface area contributed by atoms with Crippen molar-refractivity contribution in [2.24, 2.45) is 0 Å². The zero-order valence-electron chi connectivity index (χ0n) is 11.5. The predicted octanol–water partition coefficient (Wildman–Crippen LogP) is 2.69. The molecule has 0 aliphatic heterocycles. The average Bonchev–Trinajstić information content (AvgIpc) is 2.98. The van der Waals surface area contributed by atoms with Gasteiger partial charge < -0.3 is 9.88 Å². The molecule has 106 valence electrons. The van der Waals surface area contributed by atoms with E-state index in [1.54, 1.807) is 18.5 Å². The normalized spacial score (nSPS) is 12.1. The molecule has 7 heteroatoms. The van der Waals surface area contributed by atoms with Gasteiger partial charge in [-0.3, -0.25) is 10.1 Å². The van der Waals surface area contributed by atoms with Crippen LogP contribution >= 0.6 is 0 Å². The molecule has 0 fully saturated rings. The molecule has 20 heavy (non-hydrogen) atoms. The summed E-state index contributed by atoms with van der Waals surface area (Å²) in [6.07, 6.45) is 5.72. The Morgan fingerprint density at radius 1 is 1.45 bits per heavy atom. The second-order valence-electron chi connectivity index (χ2n) is 4.48. The summed E-state index contributed by atoms with van der Waals surface area (Å²) in [6.45, 7) is 4.90. The van der Waals surface area contributed by atoms with Gasteiger partial charge in [0.05, 0.1) is 11.0 Å². The third kappa shape index (κ3) is 2.93. The summed E-state index contributed by atoms with van der Waals surface area (Å²) in [5.74, 6) is 1.56. The Labute approximate surface area is 116 Å². The van der Waals surface area contributed by atoms with Crippen LogP contribution in [0.1, 0.15) is 32.1 Å². The maximum Gasteiger partial charge on any atom is 0.287 e.